The lowest BCUT2D eigenvalue weighted by Crippen LogP contribution is -2.46. The first-order valence-corrected chi connectivity index (χ1v) is 9.08. The lowest BCUT2D eigenvalue weighted by molar-refractivity contribution is 0.0859. The summed E-state index contributed by atoms with van der Waals surface area (Å²) in [6.07, 6.45) is 3.52. The fourth-order valence-electron chi connectivity index (χ4n) is 3.08. The van der Waals surface area contributed by atoms with Crippen LogP contribution in [-0.2, 0) is 9.47 Å². The maximum atomic E-state index is 12.5. The smallest absolute Gasteiger partial charge is 0.409 e. The van der Waals surface area contributed by atoms with Crippen LogP contribution in [0.25, 0.3) is 0 Å². The Morgan fingerprint density at radius 3 is 2.85 bits per heavy atom. The van der Waals surface area contributed by atoms with E-state index in [1.54, 1.807) is 30.2 Å². The topological polar surface area (TPSA) is 90.0 Å². The summed E-state index contributed by atoms with van der Waals surface area (Å²) in [6, 6.07) is 3.36. The fraction of sp³-hybridized carbons (Fsp3) is 0.611. The van der Waals surface area contributed by atoms with Crippen molar-refractivity contribution >= 4 is 12.0 Å². The average molecular weight is 363 g/mol. The average Bonchev–Trinajstić information content (AvgIpc) is 3.16. The molecule has 2 aliphatic rings. The van der Waals surface area contributed by atoms with Gasteiger partial charge < -0.3 is 24.4 Å². The van der Waals surface area contributed by atoms with Gasteiger partial charge in [0.15, 0.2) is 0 Å². The van der Waals surface area contributed by atoms with Crippen LogP contribution in [0.1, 0.15) is 36.5 Å². The Kier molecular flexibility index (Phi) is 6.27. The van der Waals surface area contributed by atoms with Gasteiger partial charge in [0, 0.05) is 43.4 Å². The van der Waals surface area contributed by atoms with E-state index in [1.165, 1.54) is 0 Å². The summed E-state index contributed by atoms with van der Waals surface area (Å²) in [5, 5.41) is 3.02. The fourth-order valence-corrected chi connectivity index (χ4v) is 3.08. The van der Waals surface area contributed by atoms with Crippen molar-refractivity contribution in [3.8, 4) is 5.88 Å². The number of carbonyl (C=O) groups is 2. The molecule has 3 rings (SSSR count). The zero-order chi connectivity index (χ0) is 18.4. The Balaban J connectivity index is 1.50. The molecule has 3 heterocycles. The highest BCUT2D eigenvalue weighted by Crippen LogP contribution is 2.17. The Morgan fingerprint density at radius 1 is 1.35 bits per heavy atom. The monoisotopic (exact) mass is 363 g/mol. The van der Waals surface area contributed by atoms with Crippen molar-refractivity contribution in [2.45, 2.75) is 38.3 Å². The Bertz CT molecular complexity index is 625. The number of ether oxygens (including phenoxy) is 3. The molecule has 0 saturated carbocycles. The van der Waals surface area contributed by atoms with Gasteiger partial charge in [-0.15, -0.1) is 0 Å². The highest BCUT2D eigenvalue weighted by atomic mass is 16.6. The van der Waals surface area contributed by atoms with E-state index in [0.717, 1.165) is 6.42 Å². The first-order valence-electron chi connectivity index (χ1n) is 9.08. The second-order valence-electron chi connectivity index (χ2n) is 6.42. The summed E-state index contributed by atoms with van der Waals surface area (Å²) < 4.78 is 16.0. The summed E-state index contributed by atoms with van der Waals surface area (Å²) in [5.41, 5.74) is 0.515. The minimum Gasteiger partial charge on any atom is -0.472 e. The third kappa shape index (κ3) is 4.85. The first-order chi connectivity index (χ1) is 12.7. The number of nitrogens with one attached hydrogen (secondary N) is 1. The number of hydrogen-bond donors (Lipinski definition) is 1. The largest absolute Gasteiger partial charge is 0.472 e. The normalized spacial score (nSPS) is 20.7. The maximum absolute atomic E-state index is 12.5. The van der Waals surface area contributed by atoms with Crippen LogP contribution in [0.5, 0.6) is 5.88 Å². The number of aromatic nitrogens is 1. The molecule has 2 fully saturated rings. The van der Waals surface area contributed by atoms with Crippen molar-refractivity contribution in [1.82, 2.24) is 15.2 Å². The number of rotatable bonds is 5. The van der Waals surface area contributed by atoms with Crippen molar-refractivity contribution in [3.63, 3.8) is 0 Å². The quantitative estimate of drug-likeness (QED) is 0.855. The molecule has 2 amide bonds. The van der Waals surface area contributed by atoms with Crippen LogP contribution in [-0.4, -0.2) is 66.9 Å². The zero-order valence-electron chi connectivity index (χ0n) is 15.0. The predicted octanol–water partition coefficient (Wildman–Crippen LogP) is 1.60. The van der Waals surface area contributed by atoms with Gasteiger partial charge >= 0.3 is 6.09 Å². The molecular weight excluding hydrogens is 338 g/mol. The summed E-state index contributed by atoms with van der Waals surface area (Å²) in [4.78, 5) is 30.0. The maximum Gasteiger partial charge on any atom is 0.409 e. The van der Waals surface area contributed by atoms with E-state index in [1.807, 2.05) is 0 Å². The molecule has 8 nitrogen and oxygen atoms in total. The van der Waals surface area contributed by atoms with Crippen molar-refractivity contribution < 1.29 is 23.8 Å². The van der Waals surface area contributed by atoms with Crippen LogP contribution >= 0.6 is 0 Å². The predicted molar refractivity (Wildman–Crippen MR) is 93.2 cm³/mol. The Morgan fingerprint density at radius 2 is 2.15 bits per heavy atom. The van der Waals surface area contributed by atoms with E-state index in [0.29, 0.717) is 57.2 Å². The van der Waals surface area contributed by atoms with Crippen LogP contribution in [0, 0.1) is 0 Å². The van der Waals surface area contributed by atoms with E-state index >= 15 is 0 Å². The number of pyridine rings is 1. The molecule has 2 aliphatic heterocycles. The van der Waals surface area contributed by atoms with Crippen LogP contribution in [0.15, 0.2) is 18.3 Å². The zero-order valence-corrected chi connectivity index (χ0v) is 15.0. The van der Waals surface area contributed by atoms with Crippen LogP contribution < -0.4 is 10.1 Å². The minimum absolute atomic E-state index is 0.00647. The molecule has 0 radical (unpaired) electrons. The van der Waals surface area contributed by atoms with Crippen molar-refractivity contribution in [2.75, 3.05) is 32.9 Å². The van der Waals surface area contributed by atoms with Gasteiger partial charge in [0.1, 0.15) is 6.10 Å². The summed E-state index contributed by atoms with van der Waals surface area (Å²) >= 11 is 0. The van der Waals surface area contributed by atoms with Crippen molar-refractivity contribution in [1.29, 1.82) is 0 Å². The lowest BCUT2D eigenvalue weighted by atomic mass is 10.0. The van der Waals surface area contributed by atoms with Gasteiger partial charge in [-0.25, -0.2) is 9.78 Å². The summed E-state index contributed by atoms with van der Waals surface area (Å²) in [5.74, 6) is 0.278. The van der Waals surface area contributed by atoms with Gasteiger partial charge in [-0.3, -0.25) is 4.79 Å². The lowest BCUT2D eigenvalue weighted by Gasteiger charge is -2.31. The van der Waals surface area contributed by atoms with E-state index in [2.05, 4.69) is 10.3 Å². The number of nitrogens with zero attached hydrogens (tertiary/aromatic N) is 2. The Labute approximate surface area is 152 Å². The molecule has 2 saturated heterocycles. The van der Waals surface area contributed by atoms with Crippen LogP contribution in [0.3, 0.4) is 0 Å². The number of carbonyl (C=O) groups excluding carboxylic acids is 2. The highest BCUT2D eigenvalue weighted by Gasteiger charge is 2.25. The third-order valence-corrected chi connectivity index (χ3v) is 4.53. The standard InChI is InChI=1S/C18H25N3O5/c1-2-25-18(23)21-8-4-14(5-9-21)20-17(22)13-3-7-19-16(11-13)26-15-6-10-24-12-15/h3,7,11,14-15H,2,4-6,8-10,12H2,1H3,(H,20,22). The minimum atomic E-state index is -0.288. The van der Waals surface area contributed by atoms with Gasteiger partial charge in [-0.05, 0) is 25.8 Å². The number of amides is 2. The van der Waals surface area contributed by atoms with Crippen molar-refractivity contribution in [3.05, 3.63) is 23.9 Å². The molecule has 1 unspecified atom stereocenters. The Hall–Kier alpha value is -2.35. The molecule has 0 bridgehead atoms. The van der Waals surface area contributed by atoms with Gasteiger partial charge in [-0.2, -0.15) is 0 Å². The molecule has 1 atom stereocenters. The number of hydrogen-bond acceptors (Lipinski definition) is 6. The van der Waals surface area contributed by atoms with Gasteiger partial charge in [0.2, 0.25) is 5.88 Å². The second kappa shape index (κ2) is 8.84. The summed E-state index contributed by atoms with van der Waals surface area (Å²) in [7, 11) is 0. The molecule has 0 aliphatic carbocycles. The molecule has 0 aromatic carbocycles. The van der Waals surface area contributed by atoms with E-state index in [9.17, 15) is 9.59 Å². The van der Waals surface area contributed by atoms with E-state index in [4.69, 9.17) is 14.2 Å². The van der Waals surface area contributed by atoms with Crippen LogP contribution in [0.2, 0.25) is 0 Å². The summed E-state index contributed by atoms with van der Waals surface area (Å²) in [6.45, 7) is 4.56. The molecule has 1 aromatic rings. The van der Waals surface area contributed by atoms with E-state index < -0.39 is 0 Å². The van der Waals surface area contributed by atoms with E-state index in [-0.39, 0.29) is 24.1 Å². The third-order valence-electron chi connectivity index (χ3n) is 4.53. The van der Waals surface area contributed by atoms with Gasteiger partial charge in [0.05, 0.1) is 19.8 Å². The molecule has 0 spiro atoms. The molecule has 26 heavy (non-hydrogen) atoms. The number of piperidine rings is 1. The highest BCUT2D eigenvalue weighted by molar-refractivity contribution is 5.94. The second-order valence-corrected chi connectivity index (χ2v) is 6.42. The number of likely N-dealkylation sites (tertiary alicyclic amines) is 1. The van der Waals surface area contributed by atoms with Gasteiger partial charge in [0.25, 0.3) is 5.91 Å². The first kappa shape index (κ1) is 18.4. The molecule has 1 N–H and O–H groups in total. The molecule has 142 valence electrons. The molecule has 8 heteroatoms. The van der Waals surface area contributed by atoms with Crippen molar-refractivity contribution in [2.24, 2.45) is 0 Å². The van der Waals surface area contributed by atoms with Gasteiger partial charge in [-0.1, -0.05) is 0 Å². The molecule has 1 aromatic heterocycles. The molecular formula is C18H25N3O5. The SMILES string of the molecule is CCOC(=O)N1CCC(NC(=O)c2ccnc(OC3CCOC3)c2)CC1. The van der Waals surface area contributed by atoms with Crippen LogP contribution in [0.4, 0.5) is 4.79 Å².